The van der Waals surface area contributed by atoms with Crippen molar-refractivity contribution in [1.82, 2.24) is 19.7 Å². The van der Waals surface area contributed by atoms with Crippen molar-refractivity contribution in [2.45, 2.75) is 50.5 Å². The van der Waals surface area contributed by atoms with Gasteiger partial charge in [-0.3, -0.25) is 9.48 Å². The van der Waals surface area contributed by atoms with Crippen LogP contribution in [-0.4, -0.2) is 45.3 Å². The summed E-state index contributed by atoms with van der Waals surface area (Å²) in [6, 6.07) is 2.49. The third kappa shape index (κ3) is 2.75. The largest absolute Gasteiger partial charge is 0.354 e. The fraction of sp³-hybridized carbons (Fsp3) is 0.579. The first kappa shape index (κ1) is 15.8. The second-order valence-electron chi connectivity index (χ2n) is 7.64. The molecule has 0 spiro atoms. The first-order valence-electron chi connectivity index (χ1n) is 9.69. The Bertz CT molecular complexity index is 814. The molecule has 0 radical (unpaired) electrons. The van der Waals surface area contributed by atoms with Gasteiger partial charge in [0.25, 0.3) is 0 Å². The van der Waals surface area contributed by atoms with E-state index < -0.39 is 0 Å². The molecule has 1 amide bonds. The smallest absolute Gasteiger partial charge is 0.227 e. The molecule has 26 heavy (non-hydrogen) atoms. The lowest BCUT2D eigenvalue weighted by molar-refractivity contribution is -0.117. The van der Waals surface area contributed by atoms with Crippen LogP contribution in [0.4, 0.5) is 11.5 Å². The maximum absolute atomic E-state index is 11.9. The van der Waals surface area contributed by atoms with Crippen molar-refractivity contribution in [3.05, 3.63) is 30.5 Å². The Balaban J connectivity index is 1.29. The summed E-state index contributed by atoms with van der Waals surface area (Å²) < 4.78 is 2.02. The summed E-state index contributed by atoms with van der Waals surface area (Å²) in [6.07, 6.45) is 12.0. The molecule has 1 atom stereocenters. The van der Waals surface area contributed by atoms with E-state index in [0.717, 1.165) is 44.0 Å². The zero-order valence-corrected chi connectivity index (χ0v) is 14.9. The summed E-state index contributed by atoms with van der Waals surface area (Å²) in [5.41, 5.74) is 2.12. The zero-order chi connectivity index (χ0) is 17.5. The molecule has 1 saturated carbocycles. The minimum atomic E-state index is 0.210. The Morgan fingerprint density at radius 1 is 1.08 bits per heavy atom. The predicted octanol–water partition coefficient (Wildman–Crippen LogP) is 2.52. The molecule has 0 bridgehead atoms. The number of rotatable bonds is 4. The highest BCUT2D eigenvalue weighted by Gasteiger charge is 2.29. The van der Waals surface area contributed by atoms with E-state index >= 15 is 0 Å². The van der Waals surface area contributed by atoms with E-state index in [1.54, 1.807) is 6.33 Å². The molecule has 3 fully saturated rings. The maximum atomic E-state index is 11.9. The molecule has 2 aliphatic heterocycles. The molecule has 1 aliphatic carbocycles. The molecule has 0 N–H and O–H groups in total. The molecule has 2 saturated heterocycles. The molecule has 136 valence electrons. The van der Waals surface area contributed by atoms with E-state index in [2.05, 4.69) is 26.0 Å². The minimum absolute atomic E-state index is 0.210. The van der Waals surface area contributed by atoms with E-state index in [9.17, 15) is 4.79 Å². The Morgan fingerprint density at radius 2 is 2.00 bits per heavy atom. The average molecular weight is 352 g/mol. The number of amides is 1. The summed E-state index contributed by atoms with van der Waals surface area (Å²) in [4.78, 5) is 25.1. The number of hydrogen-bond donors (Lipinski definition) is 0. The SMILES string of the molecule is O=C1CCCN1c1cnn(C2CCN(c3cc(C4CCC4)ncn3)C2)c1. The molecule has 0 aromatic carbocycles. The van der Waals surface area contributed by atoms with Crippen molar-refractivity contribution in [3.8, 4) is 0 Å². The van der Waals surface area contributed by atoms with Gasteiger partial charge in [-0.25, -0.2) is 9.97 Å². The Morgan fingerprint density at radius 3 is 2.77 bits per heavy atom. The highest BCUT2D eigenvalue weighted by molar-refractivity contribution is 5.95. The summed E-state index contributed by atoms with van der Waals surface area (Å²) >= 11 is 0. The van der Waals surface area contributed by atoms with Gasteiger partial charge in [-0.1, -0.05) is 6.42 Å². The number of anilines is 2. The van der Waals surface area contributed by atoms with Gasteiger partial charge in [0.05, 0.1) is 17.9 Å². The fourth-order valence-corrected chi connectivity index (χ4v) is 4.22. The summed E-state index contributed by atoms with van der Waals surface area (Å²) in [7, 11) is 0. The van der Waals surface area contributed by atoms with Gasteiger partial charge in [-0.2, -0.15) is 5.10 Å². The van der Waals surface area contributed by atoms with E-state index in [-0.39, 0.29) is 5.91 Å². The van der Waals surface area contributed by atoms with E-state index in [1.807, 2.05) is 22.0 Å². The number of carbonyl (C=O) groups is 1. The average Bonchev–Trinajstić information content (AvgIpc) is 3.33. The van der Waals surface area contributed by atoms with Crippen molar-refractivity contribution in [1.29, 1.82) is 0 Å². The van der Waals surface area contributed by atoms with Gasteiger partial charge in [0.2, 0.25) is 5.91 Å². The summed E-state index contributed by atoms with van der Waals surface area (Å²) in [6.45, 7) is 2.69. The van der Waals surface area contributed by atoms with E-state index in [4.69, 9.17) is 0 Å². The van der Waals surface area contributed by atoms with Gasteiger partial charge >= 0.3 is 0 Å². The fourth-order valence-electron chi connectivity index (χ4n) is 4.22. The molecule has 7 heteroatoms. The minimum Gasteiger partial charge on any atom is -0.354 e. The highest BCUT2D eigenvalue weighted by Crippen LogP contribution is 2.36. The number of carbonyl (C=O) groups excluding carboxylic acids is 1. The van der Waals surface area contributed by atoms with Gasteiger partial charge in [0, 0.05) is 49.9 Å². The Kier molecular flexibility index (Phi) is 3.87. The van der Waals surface area contributed by atoms with Crippen LogP contribution in [0.5, 0.6) is 0 Å². The highest BCUT2D eigenvalue weighted by atomic mass is 16.2. The first-order chi connectivity index (χ1) is 12.8. The Labute approximate surface area is 153 Å². The third-order valence-corrected chi connectivity index (χ3v) is 6.03. The third-order valence-electron chi connectivity index (χ3n) is 6.03. The van der Waals surface area contributed by atoms with Crippen LogP contribution in [-0.2, 0) is 4.79 Å². The molecule has 4 heterocycles. The number of aromatic nitrogens is 4. The van der Waals surface area contributed by atoms with Crippen LogP contribution in [0, 0.1) is 0 Å². The van der Waals surface area contributed by atoms with Gasteiger partial charge in [0.15, 0.2) is 0 Å². The van der Waals surface area contributed by atoms with Crippen LogP contribution >= 0.6 is 0 Å². The van der Waals surface area contributed by atoms with Gasteiger partial charge in [-0.05, 0) is 25.7 Å². The predicted molar refractivity (Wildman–Crippen MR) is 98.3 cm³/mol. The van der Waals surface area contributed by atoms with Gasteiger partial charge in [-0.15, -0.1) is 0 Å². The lowest BCUT2D eigenvalue weighted by atomic mass is 9.83. The molecule has 5 rings (SSSR count). The van der Waals surface area contributed by atoms with Crippen molar-refractivity contribution >= 4 is 17.4 Å². The molecule has 1 unspecified atom stereocenters. The quantitative estimate of drug-likeness (QED) is 0.846. The van der Waals surface area contributed by atoms with Crippen molar-refractivity contribution in [2.75, 3.05) is 29.4 Å². The van der Waals surface area contributed by atoms with E-state index in [1.165, 1.54) is 25.0 Å². The number of nitrogens with zero attached hydrogens (tertiary/aromatic N) is 6. The molecule has 2 aromatic rings. The van der Waals surface area contributed by atoms with Gasteiger partial charge < -0.3 is 9.80 Å². The summed E-state index contributed by atoms with van der Waals surface area (Å²) in [5, 5.41) is 4.54. The topological polar surface area (TPSA) is 67.2 Å². The lowest BCUT2D eigenvalue weighted by Gasteiger charge is -2.26. The normalized spacial score (nSPS) is 23.7. The maximum Gasteiger partial charge on any atom is 0.227 e. The number of hydrogen-bond acceptors (Lipinski definition) is 5. The second kappa shape index (κ2) is 6.37. The van der Waals surface area contributed by atoms with Crippen molar-refractivity contribution in [2.24, 2.45) is 0 Å². The van der Waals surface area contributed by atoms with Crippen molar-refractivity contribution in [3.63, 3.8) is 0 Å². The van der Waals surface area contributed by atoms with Crippen LogP contribution in [0.3, 0.4) is 0 Å². The molecule has 2 aromatic heterocycles. The van der Waals surface area contributed by atoms with Crippen LogP contribution in [0.2, 0.25) is 0 Å². The van der Waals surface area contributed by atoms with Crippen LogP contribution in [0.1, 0.15) is 56.2 Å². The Hall–Kier alpha value is -2.44. The first-order valence-corrected chi connectivity index (χ1v) is 9.69. The van der Waals surface area contributed by atoms with Crippen LogP contribution in [0.25, 0.3) is 0 Å². The lowest BCUT2D eigenvalue weighted by Crippen LogP contribution is -2.24. The molecule has 3 aliphatic rings. The molecule has 7 nitrogen and oxygen atoms in total. The second-order valence-corrected chi connectivity index (χ2v) is 7.64. The van der Waals surface area contributed by atoms with Crippen LogP contribution < -0.4 is 9.80 Å². The summed E-state index contributed by atoms with van der Waals surface area (Å²) in [5.74, 6) is 1.87. The monoisotopic (exact) mass is 352 g/mol. The molecular formula is C19H24N6O. The molecular weight excluding hydrogens is 328 g/mol. The van der Waals surface area contributed by atoms with Gasteiger partial charge in [0.1, 0.15) is 12.1 Å². The van der Waals surface area contributed by atoms with E-state index in [0.29, 0.717) is 18.4 Å². The van der Waals surface area contributed by atoms with Crippen molar-refractivity contribution < 1.29 is 4.79 Å². The van der Waals surface area contributed by atoms with Crippen LogP contribution in [0.15, 0.2) is 24.8 Å². The zero-order valence-electron chi connectivity index (χ0n) is 14.9. The standard InChI is InChI=1S/C19H24N6O/c26-19-5-2-7-24(19)16-10-22-25(12-16)15-6-8-23(11-15)18-9-17(20-13-21-18)14-3-1-4-14/h9-10,12-15H,1-8,11H2.